The van der Waals surface area contributed by atoms with E-state index < -0.39 is 5.91 Å². The molecule has 0 aromatic carbocycles. The predicted molar refractivity (Wildman–Crippen MR) is 64.6 cm³/mol. The van der Waals surface area contributed by atoms with Gasteiger partial charge >= 0.3 is 0 Å². The van der Waals surface area contributed by atoms with Crippen molar-refractivity contribution in [1.82, 2.24) is 19.3 Å². The van der Waals surface area contributed by atoms with Gasteiger partial charge in [0.1, 0.15) is 17.9 Å². The highest BCUT2D eigenvalue weighted by molar-refractivity contribution is 6.16. The average molecular weight is 256 g/mol. The van der Waals surface area contributed by atoms with Crippen LogP contribution in [0.1, 0.15) is 18.4 Å². The van der Waals surface area contributed by atoms with Crippen molar-refractivity contribution in [2.45, 2.75) is 25.8 Å². The number of aryl methyl sites for hydroxylation is 2. The van der Waals surface area contributed by atoms with Gasteiger partial charge in [-0.05, 0) is 6.42 Å². The molecule has 2 aromatic heterocycles. The fraction of sp³-hybridized carbons (Fsp3) is 0.500. The highest BCUT2D eigenvalue weighted by Crippen LogP contribution is 2.20. The number of amides is 1. The van der Waals surface area contributed by atoms with Crippen molar-refractivity contribution in [3.8, 4) is 0 Å². The molecule has 0 aliphatic heterocycles. The lowest BCUT2D eigenvalue weighted by molar-refractivity contribution is -0.118. The molecular formula is C10H14ClN5O. The molecular weight excluding hydrogens is 242 g/mol. The van der Waals surface area contributed by atoms with E-state index in [2.05, 4.69) is 10.1 Å². The van der Waals surface area contributed by atoms with E-state index in [0.29, 0.717) is 5.82 Å². The minimum atomic E-state index is -0.421. The van der Waals surface area contributed by atoms with E-state index in [1.165, 1.54) is 0 Å². The Hall–Kier alpha value is -1.56. The summed E-state index contributed by atoms with van der Waals surface area (Å²) in [7, 11) is 1.82. The Labute approximate surface area is 103 Å². The first kappa shape index (κ1) is 11.9. The number of rotatable bonds is 4. The van der Waals surface area contributed by atoms with Gasteiger partial charge in [0.2, 0.25) is 5.91 Å². The maximum absolute atomic E-state index is 11.1. The van der Waals surface area contributed by atoms with Crippen LogP contribution in [0.15, 0.2) is 0 Å². The Kier molecular flexibility index (Phi) is 3.06. The van der Waals surface area contributed by atoms with Crippen LogP contribution < -0.4 is 5.73 Å². The molecule has 0 spiro atoms. The van der Waals surface area contributed by atoms with E-state index >= 15 is 0 Å². The summed E-state index contributed by atoms with van der Waals surface area (Å²) in [6.07, 6.45) is 0.784. The van der Waals surface area contributed by atoms with Gasteiger partial charge in [-0.3, -0.25) is 9.48 Å². The number of nitrogens with zero attached hydrogens (tertiary/aromatic N) is 4. The average Bonchev–Trinajstić information content (AvgIpc) is 2.77. The van der Waals surface area contributed by atoms with Crippen molar-refractivity contribution >= 4 is 28.7 Å². The summed E-state index contributed by atoms with van der Waals surface area (Å²) >= 11 is 5.83. The molecule has 0 atom stereocenters. The fourth-order valence-corrected chi connectivity index (χ4v) is 2.15. The molecule has 92 valence electrons. The Morgan fingerprint density at radius 3 is 2.76 bits per heavy atom. The van der Waals surface area contributed by atoms with Crippen LogP contribution in [0.5, 0.6) is 0 Å². The number of hydrogen-bond donors (Lipinski definition) is 1. The van der Waals surface area contributed by atoms with Crippen LogP contribution in [0.4, 0.5) is 0 Å². The molecule has 1 amide bonds. The molecule has 0 saturated heterocycles. The molecule has 0 saturated carbocycles. The molecule has 17 heavy (non-hydrogen) atoms. The number of alkyl halides is 1. The summed E-state index contributed by atoms with van der Waals surface area (Å²) in [4.78, 5) is 15.5. The van der Waals surface area contributed by atoms with E-state index in [1.807, 2.05) is 14.0 Å². The molecule has 0 unspecified atom stereocenters. The maximum Gasteiger partial charge on any atom is 0.237 e. The van der Waals surface area contributed by atoms with E-state index in [0.717, 1.165) is 23.3 Å². The Morgan fingerprint density at radius 1 is 1.53 bits per heavy atom. The molecule has 6 nitrogen and oxygen atoms in total. The zero-order chi connectivity index (χ0) is 12.6. The van der Waals surface area contributed by atoms with Crippen molar-refractivity contribution in [2.24, 2.45) is 12.8 Å². The molecule has 2 aromatic rings. The second kappa shape index (κ2) is 4.37. The number of aromatic nitrogens is 4. The summed E-state index contributed by atoms with van der Waals surface area (Å²) in [6, 6.07) is 0. The zero-order valence-corrected chi connectivity index (χ0v) is 10.5. The largest absolute Gasteiger partial charge is 0.368 e. The zero-order valence-electron chi connectivity index (χ0n) is 9.77. The van der Waals surface area contributed by atoms with Gasteiger partial charge in [0.25, 0.3) is 0 Å². The molecule has 0 radical (unpaired) electrons. The van der Waals surface area contributed by atoms with Crippen LogP contribution in [-0.4, -0.2) is 25.2 Å². The Balaban J connectivity index is 2.69. The quantitative estimate of drug-likeness (QED) is 0.811. The van der Waals surface area contributed by atoms with Gasteiger partial charge in [-0.1, -0.05) is 6.92 Å². The number of halogens is 1. The number of imidazole rings is 1. The lowest BCUT2D eigenvalue weighted by Crippen LogP contribution is -2.20. The number of fused-ring (bicyclic) bond motifs is 1. The fourth-order valence-electron chi connectivity index (χ4n) is 1.95. The lowest BCUT2D eigenvalue weighted by Gasteiger charge is -2.04. The minimum Gasteiger partial charge on any atom is -0.368 e. The maximum atomic E-state index is 11.1. The number of nitrogens with two attached hydrogens (primary N) is 1. The summed E-state index contributed by atoms with van der Waals surface area (Å²) in [5.41, 5.74) is 7.71. The highest BCUT2D eigenvalue weighted by Gasteiger charge is 2.18. The van der Waals surface area contributed by atoms with Gasteiger partial charge in [-0.2, -0.15) is 5.10 Å². The van der Waals surface area contributed by atoms with Crippen LogP contribution in [0.2, 0.25) is 0 Å². The molecule has 0 bridgehead atoms. The molecule has 2 heterocycles. The van der Waals surface area contributed by atoms with Crippen molar-refractivity contribution in [2.75, 3.05) is 0 Å². The predicted octanol–water partition coefficient (Wildman–Crippen LogP) is 0.556. The summed E-state index contributed by atoms with van der Waals surface area (Å²) < 4.78 is 3.43. The summed E-state index contributed by atoms with van der Waals surface area (Å²) in [5.74, 6) is 0.462. The second-order valence-corrected chi connectivity index (χ2v) is 4.08. The first-order valence-corrected chi connectivity index (χ1v) is 5.87. The van der Waals surface area contributed by atoms with Crippen LogP contribution in [0, 0.1) is 0 Å². The van der Waals surface area contributed by atoms with Crippen LogP contribution >= 0.6 is 11.6 Å². The van der Waals surface area contributed by atoms with Crippen molar-refractivity contribution in [1.29, 1.82) is 0 Å². The normalized spacial score (nSPS) is 11.2. The van der Waals surface area contributed by atoms with Gasteiger partial charge in [0.15, 0.2) is 5.65 Å². The van der Waals surface area contributed by atoms with Crippen molar-refractivity contribution < 1.29 is 4.79 Å². The van der Waals surface area contributed by atoms with Crippen molar-refractivity contribution in [3.63, 3.8) is 0 Å². The smallest absolute Gasteiger partial charge is 0.237 e. The van der Waals surface area contributed by atoms with Crippen LogP contribution in [0.3, 0.4) is 0 Å². The van der Waals surface area contributed by atoms with Crippen LogP contribution in [-0.2, 0) is 30.7 Å². The molecule has 0 aliphatic carbocycles. The third-order valence-electron chi connectivity index (χ3n) is 2.64. The molecule has 2 rings (SSSR count). The molecule has 0 fully saturated rings. The van der Waals surface area contributed by atoms with E-state index in [4.69, 9.17) is 17.3 Å². The standard InChI is InChI=1S/C10H14ClN5O/c1-3-6-9-10(15(2)14-6)16(5-7(12)17)8(4-11)13-9/h3-5H2,1-2H3,(H2,12,17). The van der Waals surface area contributed by atoms with E-state index in [9.17, 15) is 4.79 Å². The monoisotopic (exact) mass is 255 g/mol. The van der Waals surface area contributed by atoms with Crippen molar-refractivity contribution in [3.05, 3.63) is 11.5 Å². The first-order valence-electron chi connectivity index (χ1n) is 5.33. The number of carbonyl (C=O) groups excluding carboxylic acids is 1. The van der Waals surface area contributed by atoms with Gasteiger partial charge in [0.05, 0.1) is 11.6 Å². The SMILES string of the molecule is CCc1nn(C)c2c1nc(CCl)n2CC(N)=O. The van der Waals surface area contributed by atoms with Gasteiger partial charge in [-0.15, -0.1) is 11.6 Å². The number of carbonyl (C=O) groups is 1. The van der Waals surface area contributed by atoms with E-state index in [1.54, 1.807) is 9.25 Å². The molecule has 0 aliphatic rings. The minimum absolute atomic E-state index is 0.0707. The third kappa shape index (κ3) is 1.88. The Bertz CT molecular complexity index is 571. The van der Waals surface area contributed by atoms with E-state index in [-0.39, 0.29) is 12.4 Å². The van der Waals surface area contributed by atoms with Gasteiger partial charge < -0.3 is 10.3 Å². The van der Waals surface area contributed by atoms with Gasteiger partial charge in [0, 0.05) is 7.05 Å². The first-order chi connectivity index (χ1) is 8.08. The highest BCUT2D eigenvalue weighted by atomic mass is 35.5. The second-order valence-electron chi connectivity index (χ2n) is 3.81. The van der Waals surface area contributed by atoms with Crippen LogP contribution in [0.25, 0.3) is 11.2 Å². The third-order valence-corrected chi connectivity index (χ3v) is 2.88. The summed E-state index contributed by atoms with van der Waals surface area (Å²) in [5, 5.41) is 4.35. The number of hydrogen-bond acceptors (Lipinski definition) is 3. The topological polar surface area (TPSA) is 78.7 Å². The van der Waals surface area contributed by atoms with Gasteiger partial charge in [-0.25, -0.2) is 4.98 Å². The summed E-state index contributed by atoms with van der Waals surface area (Å²) in [6.45, 7) is 2.08. The Morgan fingerprint density at radius 2 is 2.24 bits per heavy atom. The molecule has 7 heteroatoms. The molecule has 2 N–H and O–H groups in total. The number of primary amides is 1. The lowest BCUT2D eigenvalue weighted by atomic mass is 10.3.